The number of cyclic esters (lactones) is 1. The summed E-state index contributed by atoms with van der Waals surface area (Å²) in [5.74, 6) is -1.39. The quantitative estimate of drug-likeness (QED) is 0.0876. The molecule has 1 atom stereocenters. The van der Waals surface area contributed by atoms with Crippen molar-refractivity contribution in [1.82, 2.24) is 4.90 Å². The summed E-state index contributed by atoms with van der Waals surface area (Å²) in [6.45, 7) is 7.13. The van der Waals surface area contributed by atoms with Crippen molar-refractivity contribution < 1.29 is 23.9 Å². The summed E-state index contributed by atoms with van der Waals surface area (Å²) in [7, 11) is 0.179. The van der Waals surface area contributed by atoms with Crippen LogP contribution in [0.5, 0.6) is 0 Å². The molecule has 0 saturated carbocycles. The van der Waals surface area contributed by atoms with E-state index < -0.39 is 32.1 Å². The van der Waals surface area contributed by atoms with Crippen LogP contribution in [0.15, 0.2) is 54.1 Å². The number of methoxy groups -OCH3 is 1. The van der Waals surface area contributed by atoms with Gasteiger partial charge in [0, 0.05) is 8.07 Å². The predicted octanol–water partition coefficient (Wildman–Crippen LogP) is 5.13. The molecule has 0 unspecified atom stereocenters. The Kier molecular flexibility index (Phi) is 9.90. The number of carbonyl (C=O) groups is 3. The van der Waals surface area contributed by atoms with Crippen LogP contribution in [0, 0.1) is 0 Å². The molecule has 1 saturated heterocycles. The average Bonchev–Trinajstić information content (AvgIpc) is 3.11. The fourth-order valence-corrected chi connectivity index (χ4v) is 4.32. The number of hydrogen-bond donors (Lipinski definition) is 0. The van der Waals surface area contributed by atoms with E-state index in [1.807, 2.05) is 30.3 Å². The van der Waals surface area contributed by atoms with Crippen LogP contribution >= 0.6 is 0 Å². The first-order chi connectivity index (χ1) is 15.2. The van der Waals surface area contributed by atoms with Crippen molar-refractivity contribution in [3.05, 3.63) is 59.7 Å². The number of esters is 1. The topological polar surface area (TPSA) is 72.9 Å². The molecule has 0 radical (unpaired) electrons. The van der Waals surface area contributed by atoms with Gasteiger partial charge in [0.05, 0.1) is 13.2 Å². The van der Waals surface area contributed by atoms with Crippen molar-refractivity contribution in [2.45, 2.75) is 63.8 Å². The molecule has 1 aliphatic heterocycles. The molecule has 0 bridgehead atoms. The normalized spacial score (nSPS) is 17.0. The number of amides is 2. The zero-order chi connectivity index (χ0) is 23.6. The molecule has 1 aliphatic rings. The Labute approximate surface area is 192 Å². The molecule has 0 aliphatic carbocycles. The Morgan fingerprint density at radius 2 is 1.81 bits per heavy atom. The van der Waals surface area contributed by atoms with E-state index in [1.165, 1.54) is 13.2 Å². The maximum Gasteiger partial charge on any atom is 0.417 e. The fourth-order valence-electron chi connectivity index (χ4n) is 3.45. The van der Waals surface area contributed by atoms with E-state index in [1.54, 1.807) is 6.08 Å². The molecular formula is C25H35NO5Si. The molecular weight excluding hydrogens is 422 g/mol. The van der Waals surface area contributed by atoms with Crippen molar-refractivity contribution in [1.29, 1.82) is 0 Å². The molecule has 32 heavy (non-hydrogen) atoms. The van der Waals surface area contributed by atoms with Crippen LogP contribution in [-0.2, 0) is 25.5 Å². The van der Waals surface area contributed by atoms with Gasteiger partial charge in [0.15, 0.2) is 0 Å². The highest BCUT2D eigenvalue weighted by molar-refractivity contribution is 6.76. The van der Waals surface area contributed by atoms with Crippen LogP contribution in [0.4, 0.5) is 4.79 Å². The van der Waals surface area contributed by atoms with Gasteiger partial charge in [-0.1, -0.05) is 68.2 Å². The van der Waals surface area contributed by atoms with E-state index >= 15 is 0 Å². The molecule has 1 heterocycles. The van der Waals surface area contributed by atoms with Crippen LogP contribution in [0.25, 0.3) is 0 Å². The van der Waals surface area contributed by atoms with E-state index in [0.717, 1.165) is 29.7 Å². The third kappa shape index (κ3) is 8.11. The molecule has 2 amide bonds. The summed E-state index contributed by atoms with van der Waals surface area (Å²) in [5.41, 5.74) is 0.873. The number of rotatable bonds is 11. The van der Waals surface area contributed by atoms with Crippen LogP contribution in [0.3, 0.4) is 0 Å². The summed E-state index contributed by atoms with van der Waals surface area (Å²) >= 11 is 0. The Morgan fingerprint density at radius 1 is 1.12 bits per heavy atom. The van der Waals surface area contributed by atoms with Crippen molar-refractivity contribution in [2.24, 2.45) is 0 Å². The van der Waals surface area contributed by atoms with E-state index in [9.17, 15) is 14.4 Å². The van der Waals surface area contributed by atoms with E-state index in [-0.39, 0.29) is 12.2 Å². The average molecular weight is 458 g/mol. The monoisotopic (exact) mass is 457 g/mol. The Balaban J connectivity index is 1.98. The van der Waals surface area contributed by atoms with Gasteiger partial charge in [-0.15, -0.1) is 0 Å². The molecule has 0 aromatic heterocycles. The van der Waals surface area contributed by atoms with Crippen molar-refractivity contribution >= 4 is 26.0 Å². The first kappa shape index (κ1) is 25.6. The highest BCUT2D eigenvalue weighted by atomic mass is 28.3. The number of carbonyl (C=O) groups excluding carboxylic acids is 3. The summed E-state index contributed by atoms with van der Waals surface area (Å²) in [5, 5.41) is 0. The first-order valence-corrected chi connectivity index (χ1v) is 14.9. The van der Waals surface area contributed by atoms with Gasteiger partial charge in [-0.2, -0.15) is 0 Å². The lowest BCUT2D eigenvalue weighted by Crippen LogP contribution is -2.42. The minimum atomic E-state index is -1.05. The lowest BCUT2D eigenvalue weighted by atomic mass is 10.0. The molecule has 0 N–H and O–H groups in total. The lowest BCUT2D eigenvalue weighted by molar-refractivity contribution is -0.139. The predicted molar refractivity (Wildman–Crippen MR) is 128 cm³/mol. The van der Waals surface area contributed by atoms with Crippen molar-refractivity contribution in [3.8, 4) is 0 Å². The molecule has 1 aromatic rings. The van der Waals surface area contributed by atoms with Gasteiger partial charge in [0.1, 0.15) is 12.2 Å². The number of nitrogens with zero attached hydrogens (tertiary/aromatic N) is 1. The van der Waals surface area contributed by atoms with Crippen LogP contribution in [0.2, 0.25) is 25.7 Å². The van der Waals surface area contributed by atoms with E-state index in [0.29, 0.717) is 12.8 Å². The summed E-state index contributed by atoms with van der Waals surface area (Å²) in [4.78, 5) is 38.7. The minimum Gasteiger partial charge on any atom is -0.465 e. The van der Waals surface area contributed by atoms with Gasteiger partial charge in [0.2, 0.25) is 0 Å². The molecule has 1 aromatic carbocycles. The van der Waals surface area contributed by atoms with Gasteiger partial charge in [-0.3, -0.25) is 4.79 Å². The number of unbranched alkanes of at least 4 members (excludes halogenated alkanes) is 3. The second-order valence-corrected chi connectivity index (χ2v) is 14.8. The summed E-state index contributed by atoms with van der Waals surface area (Å²) in [6, 6.07) is 10.3. The number of hydrogen-bond acceptors (Lipinski definition) is 5. The second-order valence-electron chi connectivity index (χ2n) is 9.23. The highest BCUT2D eigenvalue weighted by Gasteiger charge is 2.40. The minimum absolute atomic E-state index is 0.109. The lowest BCUT2D eigenvalue weighted by Gasteiger charge is -2.20. The zero-order valence-corrected chi connectivity index (χ0v) is 20.6. The van der Waals surface area contributed by atoms with Crippen molar-refractivity contribution in [3.63, 3.8) is 0 Å². The smallest absolute Gasteiger partial charge is 0.417 e. The number of imide groups is 1. The third-order valence-corrected chi connectivity index (χ3v) is 6.66. The van der Waals surface area contributed by atoms with Gasteiger partial charge in [-0.05, 0) is 43.7 Å². The standard InChI is InChI=1S/C25H35NO5Si/c1-30-24(28)22(16-12-7-5-6-8-13-17-32(2,3)4)23(27)26-21(19-31-25(26)29)18-20-14-10-9-11-15-20/h8-11,13-16,21H,5-7,12,17-19H2,1-4H3/b13-8-,22-16+/t21-/m0/s1. The third-order valence-electron chi connectivity index (χ3n) is 5.20. The zero-order valence-electron chi connectivity index (χ0n) is 19.6. The second kappa shape index (κ2) is 12.4. The van der Waals surface area contributed by atoms with Crippen molar-refractivity contribution in [2.75, 3.05) is 13.7 Å². The number of allylic oxidation sites excluding steroid dienone is 3. The molecule has 0 spiro atoms. The van der Waals surface area contributed by atoms with Gasteiger partial charge in [-0.25, -0.2) is 14.5 Å². The SMILES string of the molecule is COC(=O)/C(=C/CCCC/C=C\C[Si](C)(C)C)C(=O)N1C(=O)OC[C@@H]1Cc1ccccc1. The molecule has 7 heteroatoms. The largest absolute Gasteiger partial charge is 0.465 e. The Bertz CT molecular complexity index is 842. The first-order valence-electron chi connectivity index (χ1n) is 11.2. The fraction of sp³-hybridized carbons (Fsp3) is 0.480. The van der Waals surface area contributed by atoms with E-state index in [4.69, 9.17) is 9.47 Å². The van der Waals surface area contributed by atoms with Crippen LogP contribution in [0.1, 0.15) is 31.2 Å². The Hall–Kier alpha value is -2.67. The summed E-state index contributed by atoms with van der Waals surface area (Å²) in [6.07, 6.45) is 9.13. The van der Waals surface area contributed by atoms with E-state index in [2.05, 4.69) is 31.8 Å². The number of benzene rings is 1. The molecule has 6 nitrogen and oxygen atoms in total. The van der Waals surface area contributed by atoms with Crippen LogP contribution < -0.4 is 0 Å². The maximum atomic E-state index is 13.1. The van der Waals surface area contributed by atoms with Gasteiger partial charge < -0.3 is 9.47 Å². The number of ether oxygens (including phenoxy) is 2. The van der Waals surface area contributed by atoms with Crippen LogP contribution in [-0.4, -0.2) is 50.7 Å². The van der Waals surface area contributed by atoms with Gasteiger partial charge in [0.25, 0.3) is 5.91 Å². The molecule has 1 fully saturated rings. The summed E-state index contributed by atoms with van der Waals surface area (Å²) < 4.78 is 9.93. The molecule has 174 valence electrons. The maximum absolute atomic E-state index is 13.1. The Morgan fingerprint density at radius 3 is 2.47 bits per heavy atom. The molecule has 2 rings (SSSR count). The highest BCUT2D eigenvalue weighted by Crippen LogP contribution is 2.21. The van der Waals surface area contributed by atoms with Gasteiger partial charge >= 0.3 is 12.1 Å².